The second-order valence-electron chi connectivity index (χ2n) is 8.50. The van der Waals surface area contributed by atoms with Crippen LogP contribution in [0.3, 0.4) is 0 Å². The van der Waals surface area contributed by atoms with Gasteiger partial charge in [-0.15, -0.1) is 0 Å². The predicted octanol–water partition coefficient (Wildman–Crippen LogP) is 6.96. The molecule has 0 bridgehead atoms. The van der Waals surface area contributed by atoms with E-state index in [0.29, 0.717) is 45.5 Å². The van der Waals surface area contributed by atoms with Gasteiger partial charge in [0.15, 0.2) is 18.1 Å². The lowest BCUT2D eigenvalue weighted by Gasteiger charge is -2.16. The first-order valence-electron chi connectivity index (χ1n) is 12.3. The summed E-state index contributed by atoms with van der Waals surface area (Å²) in [4.78, 5) is 30.4. The number of halogens is 4. The molecule has 0 radical (unpaired) electrons. The highest BCUT2D eigenvalue weighted by Gasteiger charge is 2.19. The van der Waals surface area contributed by atoms with E-state index in [4.69, 9.17) is 21.1 Å². The van der Waals surface area contributed by atoms with Crippen LogP contribution in [0.5, 0.6) is 11.5 Å². The topological polar surface area (TPSA) is 94.8 Å². The molecule has 0 aliphatic heterocycles. The highest BCUT2D eigenvalue weighted by atomic mass is 79.9. The zero-order valence-corrected chi connectivity index (χ0v) is 25.4. The number of hydrogen-bond acceptors (Lipinski definition) is 6. The molecule has 0 saturated carbocycles. The van der Waals surface area contributed by atoms with E-state index in [9.17, 15) is 14.0 Å². The van der Waals surface area contributed by atoms with Gasteiger partial charge in [-0.2, -0.15) is 9.78 Å². The van der Waals surface area contributed by atoms with Gasteiger partial charge in [0.25, 0.3) is 11.5 Å². The minimum Gasteiger partial charge on any atom is -0.490 e. The highest BCUT2D eigenvalue weighted by molar-refractivity contribution is 9.10. The maximum absolute atomic E-state index is 13.3. The van der Waals surface area contributed by atoms with Gasteiger partial charge < -0.3 is 14.8 Å². The zero-order chi connectivity index (χ0) is 28.8. The number of rotatable bonds is 10. The molecular formula is C28H24Br2ClFN4O4. The van der Waals surface area contributed by atoms with Crippen LogP contribution in [0.4, 0.5) is 10.1 Å². The lowest BCUT2D eigenvalue weighted by Crippen LogP contribution is -2.22. The molecule has 0 unspecified atom stereocenters. The van der Waals surface area contributed by atoms with Crippen molar-refractivity contribution in [1.29, 1.82) is 0 Å². The zero-order valence-electron chi connectivity index (χ0n) is 21.5. The number of aromatic nitrogens is 2. The summed E-state index contributed by atoms with van der Waals surface area (Å²) in [6.45, 7) is 3.72. The number of aryl methyl sites for hydroxylation is 1. The van der Waals surface area contributed by atoms with Gasteiger partial charge >= 0.3 is 0 Å². The molecule has 12 heteroatoms. The van der Waals surface area contributed by atoms with E-state index in [1.165, 1.54) is 35.2 Å². The summed E-state index contributed by atoms with van der Waals surface area (Å²) in [5.41, 5.74) is 1.23. The molecule has 0 spiro atoms. The maximum atomic E-state index is 13.3. The number of nitrogens with zero attached hydrogens (tertiary/aromatic N) is 3. The number of carbonyl (C=O) groups excluding carboxylic acids is 1. The fraction of sp³-hybridized carbons (Fsp3) is 0.214. The van der Waals surface area contributed by atoms with Crippen LogP contribution < -0.4 is 20.3 Å². The van der Waals surface area contributed by atoms with Crippen LogP contribution in [0.15, 0.2) is 67.4 Å². The van der Waals surface area contributed by atoms with Crippen LogP contribution >= 0.6 is 43.5 Å². The van der Waals surface area contributed by atoms with Crippen molar-refractivity contribution in [3.05, 3.63) is 90.1 Å². The monoisotopic (exact) mass is 692 g/mol. The Morgan fingerprint density at radius 1 is 1.15 bits per heavy atom. The van der Waals surface area contributed by atoms with Crippen LogP contribution in [0, 0.1) is 5.82 Å². The summed E-state index contributed by atoms with van der Waals surface area (Å²) in [7, 11) is 0. The van der Waals surface area contributed by atoms with Gasteiger partial charge in [0.1, 0.15) is 16.7 Å². The summed E-state index contributed by atoms with van der Waals surface area (Å²) in [5.74, 6) is 0.0895. The molecule has 0 fully saturated rings. The Balaban J connectivity index is 1.64. The number of carbonyl (C=O) groups is 1. The van der Waals surface area contributed by atoms with E-state index in [1.807, 2.05) is 13.0 Å². The minimum atomic E-state index is -0.467. The quantitative estimate of drug-likeness (QED) is 0.181. The molecule has 1 aromatic heterocycles. The number of nitrogens with one attached hydrogen (secondary N) is 1. The number of anilines is 1. The smallest absolute Gasteiger partial charge is 0.282 e. The van der Waals surface area contributed by atoms with Gasteiger partial charge in [-0.05, 0) is 77.8 Å². The molecule has 4 rings (SSSR count). The Kier molecular flexibility index (Phi) is 9.94. The average Bonchev–Trinajstić information content (AvgIpc) is 2.93. The molecule has 1 N–H and O–H groups in total. The molecule has 0 aliphatic rings. The predicted molar refractivity (Wildman–Crippen MR) is 162 cm³/mol. The molecular weight excluding hydrogens is 671 g/mol. The molecule has 0 saturated heterocycles. The molecule has 0 atom stereocenters. The van der Waals surface area contributed by atoms with Crippen LogP contribution in [-0.2, 0) is 11.2 Å². The Bertz CT molecular complexity index is 1640. The molecule has 1 heterocycles. The van der Waals surface area contributed by atoms with Crippen LogP contribution in [0.25, 0.3) is 10.9 Å². The van der Waals surface area contributed by atoms with Gasteiger partial charge in [-0.25, -0.2) is 9.37 Å². The van der Waals surface area contributed by atoms with Crippen molar-refractivity contribution in [2.45, 2.75) is 26.7 Å². The summed E-state index contributed by atoms with van der Waals surface area (Å²) in [6, 6.07) is 12.3. The third-order valence-corrected chi connectivity index (χ3v) is 7.53. The van der Waals surface area contributed by atoms with Crippen molar-refractivity contribution in [1.82, 2.24) is 9.66 Å². The number of amides is 1. The number of ether oxygens (including phenoxy) is 2. The second-order valence-corrected chi connectivity index (χ2v) is 10.6. The molecule has 3 aromatic carbocycles. The van der Waals surface area contributed by atoms with Gasteiger partial charge in [-0.1, -0.05) is 34.5 Å². The molecule has 40 heavy (non-hydrogen) atoms. The first-order chi connectivity index (χ1) is 19.2. The lowest BCUT2D eigenvalue weighted by atomic mass is 10.2. The van der Waals surface area contributed by atoms with Crippen LogP contribution in [0.1, 0.15) is 31.7 Å². The summed E-state index contributed by atoms with van der Waals surface area (Å²) in [5, 5.41) is 7.67. The lowest BCUT2D eigenvalue weighted by molar-refractivity contribution is -0.118. The van der Waals surface area contributed by atoms with Crippen molar-refractivity contribution in [3.63, 3.8) is 0 Å². The Morgan fingerprint density at radius 3 is 2.60 bits per heavy atom. The van der Waals surface area contributed by atoms with E-state index in [2.05, 4.69) is 47.3 Å². The van der Waals surface area contributed by atoms with E-state index in [1.54, 1.807) is 25.1 Å². The largest absolute Gasteiger partial charge is 0.490 e. The first kappa shape index (κ1) is 29.7. The van der Waals surface area contributed by atoms with Crippen molar-refractivity contribution in [2.75, 3.05) is 18.5 Å². The van der Waals surface area contributed by atoms with Crippen molar-refractivity contribution < 1.29 is 18.7 Å². The summed E-state index contributed by atoms with van der Waals surface area (Å²) in [6.07, 6.45) is 2.81. The first-order valence-corrected chi connectivity index (χ1v) is 14.3. The minimum absolute atomic E-state index is 0.155. The molecule has 8 nitrogen and oxygen atoms in total. The van der Waals surface area contributed by atoms with Gasteiger partial charge in [0.05, 0.1) is 23.7 Å². The van der Waals surface area contributed by atoms with Crippen LogP contribution in [-0.4, -0.2) is 35.0 Å². The second kappa shape index (κ2) is 13.4. The Labute approximate surface area is 251 Å². The normalized spacial score (nSPS) is 11.2. The van der Waals surface area contributed by atoms with E-state index < -0.39 is 11.7 Å². The average molecular weight is 695 g/mol. The van der Waals surface area contributed by atoms with E-state index in [-0.39, 0.29) is 28.7 Å². The third kappa shape index (κ3) is 6.89. The van der Waals surface area contributed by atoms with Crippen LogP contribution in [0.2, 0.25) is 5.02 Å². The van der Waals surface area contributed by atoms with Crippen molar-refractivity contribution in [3.8, 4) is 11.5 Å². The SMILES string of the molecule is CCCc1nc2ccc(Br)cc2c(=O)n1N=Cc1cc(OCC)c(OCC(=O)Nc2ccc(F)cc2)c(Cl)c1Br. The number of benzene rings is 3. The summed E-state index contributed by atoms with van der Waals surface area (Å²) < 4.78 is 27.0. The molecule has 0 aliphatic carbocycles. The molecule has 208 valence electrons. The fourth-order valence-corrected chi connectivity index (χ4v) is 4.80. The fourth-order valence-electron chi connectivity index (χ4n) is 3.78. The number of hydrogen-bond donors (Lipinski definition) is 1. The molecule has 1 amide bonds. The Hall–Kier alpha value is -3.28. The van der Waals surface area contributed by atoms with Gasteiger partial charge in [0.2, 0.25) is 0 Å². The Morgan fingerprint density at radius 2 is 1.90 bits per heavy atom. The third-order valence-electron chi connectivity index (χ3n) is 5.59. The number of fused-ring (bicyclic) bond motifs is 1. The van der Waals surface area contributed by atoms with E-state index >= 15 is 0 Å². The molecule has 4 aromatic rings. The summed E-state index contributed by atoms with van der Waals surface area (Å²) >= 11 is 13.5. The van der Waals surface area contributed by atoms with Gasteiger partial charge in [-0.3, -0.25) is 9.59 Å². The van der Waals surface area contributed by atoms with Gasteiger partial charge in [0, 0.05) is 26.6 Å². The standard InChI is InChI=1S/C28H24Br2ClFN4O4/c1-3-5-23-35-21-11-6-17(29)13-20(21)28(38)36(23)33-14-16-12-22(39-4-2)27(26(31)25(16)30)40-15-24(37)34-19-9-7-18(32)8-10-19/h6-14H,3-5,15H2,1-2H3,(H,34,37). The van der Waals surface area contributed by atoms with Crippen molar-refractivity contribution in [2.24, 2.45) is 5.10 Å². The highest BCUT2D eigenvalue weighted by Crippen LogP contribution is 2.42. The maximum Gasteiger partial charge on any atom is 0.282 e. The van der Waals surface area contributed by atoms with Crippen molar-refractivity contribution >= 4 is 72.2 Å². The van der Waals surface area contributed by atoms with E-state index in [0.717, 1.165) is 10.9 Å².